The van der Waals surface area contributed by atoms with E-state index in [1.807, 2.05) is 0 Å². The molecule has 1 nitrogen and oxygen atoms in total. The lowest BCUT2D eigenvalue weighted by molar-refractivity contribution is 1.30. The van der Waals surface area contributed by atoms with Crippen molar-refractivity contribution < 1.29 is 0 Å². The number of benzene rings is 9. The molecule has 0 radical (unpaired) electrons. The van der Waals surface area contributed by atoms with Crippen molar-refractivity contribution in [3.8, 4) is 11.1 Å². The molecule has 206 valence electrons. The molecular weight excluding hydrogens is 530 g/mol. The van der Waals surface area contributed by atoms with Crippen molar-refractivity contribution in [1.29, 1.82) is 0 Å². The molecule has 0 fully saturated rings. The van der Waals surface area contributed by atoms with Gasteiger partial charge < -0.3 is 4.90 Å². The normalized spacial score (nSPS) is 11.8. The molecule has 0 aromatic heterocycles. The number of nitrogens with zero attached hydrogens (tertiary/aromatic N) is 1. The van der Waals surface area contributed by atoms with Gasteiger partial charge >= 0.3 is 0 Å². The van der Waals surface area contributed by atoms with E-state index in [4.69, 9.17) is 0 Å². The second-order valence-corrected chi connectivity index (χ2v) is 11.8. The summed E-state index contributed by atoms with van der Waals surface area (Å²) < 4.78 is 0. The zero-order valence-electron chi connectivity index (χ0n) is 24.5. The molecule has 0 N–H and O–H groups in total. The molecule has 0 amide bonds. The zero-order valence-corrected chi connectivity index (χ0v) is 24.5. The van der Waals surface area contributed by atoms with Crippen LogP contribution >= 0.6 is 0 Å². The molecule has 0 bridgehead atoms. The fourth-order valence-electron chi connectivity index (χ4n) is 7.13. The molecule has 0 spiro atoms. The summed E-state index contributed by atoms with van der Waals surface area (Å²) in [7, 11) is 0. The van der Waals surface area contributed by atoms with E-state index in [9.17, 15) is 0 Å². The molecule has 0 saturated carbocycles. The summed E-state index contributed by atoms with van der Waals surface area (Å²) in [6, 6.07) is 57.9. The van der Waals surface area contributed by atoms with Crippen LogP contribution < -0.4 is 4.90 Å². The van der Waals surface area contributed by atoms with Crippen LogP contribution in [-0.4, -0.2) is 0 Å². The molecule has 0 aliphatic rings. The lowest BCUT2D eigenvalue weighted by Gasteiger charge is -2.27. The van der Waals surface area contributed by atoms with E-state index in [0.29, 0.717) is 0 Å². The first-order valence-electron chi connectivity index (χ1n) is 15.3. The molecular formula is C43H29N. The molecule has 0 aliphatic carbocycles. The predicted molar refractivity (Wildman–Crippen MR) is 190 cm³/mol. The fraction of sp³-hybridized carbons (Fsp3) is 0.0233. The summed E-state index contributed by atoms with van der Waals surface area (Å²) in [5.41, 5.74) is 7.26. The Labute approximate surface area is 256 Å². The smallest absolute Gasteiger partial charge is 0.0540 e. The van der Waals surface area contributed by atoms with Gasteiger partial charge in [-0.2, -0.15) is 0 Å². The number of hydrogen-bond acceptors (Lipinski definition) is 1. The lowest BCUT2D eigenvalue weighted by atomic mass is 9.88. The van der Waals surface area contributed by atoms with Crippen LogP contribution in [0.3, 0.4) is 0 Å². The maximum Gasteiger partial charge on any atom is 0.0540 e. The highest BCUT2D eigenvalue weighted by atomic mass is 15.1. The first kappa shape index (κ1) is 24.9. The summed E-state index contributed by atoms with van der Waals surface area (Å²) >= 11 is 0. The van der Waals surface area contributed by atoms with E-state index in [2.05, 4.69) is 170 Å². The van der Waals surface area contributed by atoms with Crippen molar-refractivity contribution in [2.75, 3.05) is 4.90 Å². The van der Waals surface area contributed by atoms with E-state index in [1.54, 1.807) is 0 Å². The predicted octanol–water partition coefficient (Wildman–Crippen LogP) is 12.3. The summed E-state index contributed by atoms with van der Waals surface area (Å²) in [5.74, 6) is 0. The topological polar surface area (TPSA) is 3.24 Å². The summed E-state index contributed by atoms with van der Waals surface area (Å²) in [6.45, 7) is 2.21. The molecule has 0 unspecified atom stereocenters. The molecule has 0 heterocycles. The molecule has 0 aliphatic heterocycles. The van der Waals surface area contributed by atoms with Gasteiger partial charge in [0, 0.05) is 16.8 Å². The quantitative estimate of drug-likeness (QED) is 0.194. The van der Waals surface area contributed by atoms with Crippen molar-refractivity contribution in [2.45, 2.75) is 6.92 Å². The Balaban J connectivity index is 1.22. The highest BCUT2D eigenvalue weighted by Crippen LogP contribution is 2.43. The van der Waals surface area contributed by atoms with Gasteiger partial charge in [-0.25, -0.2) is 0 Å². The summed E-state index contributed by atoms with van der Waals surface area (Å²) in [6.07, 6.45) is 0. The van der Waals surface area contributed by atoms with E-state index in [-0.39, 0.29) is 0 Å². The van der Waals surface area contributed by atoms with Crippen LogP contribution in [0.5, 0.6) is 0 Å². The third-order valence-corrected chi connectivity index (χ3v) is 9.32. The van der Waals surface area contributed by atoms with Gasteiger partial charge in [0.15, 0.2) is 0 Å². The number of anilines is 3. The van der Waals surface area contributed by atoms with Crippen molar-refractivity contribution in [1.82, 2.24) is 0 Å². The van der Waals surface area contributed by atoms with Crippen LogP contribution in [0.15, 0.2) is 158 Å². The molecule has 0 saturated heterocycles. The highest BCUT2D eigenvalue weighted by molar-refractivity contribution is 6.26. The van der Waals surface area contributed by atoms with Crippen molar-refractivity contribution >= 4 is 70.9 Å². The number of aryl methyl sites for hydroxylation is 1. The Morgan fingerprint density at radius 2 is 1.00 bits per heavy atom. The number of fused-ring (bicyclic) bond motifs is 2. The maximum absolute atomic E-state index is 2.39. The molecule has 9 rings (SSSR count). The highest BCUT2D eigenvalue weighted by Gasteiger charge is 2.17. The van der Waals surface area contributed by atoms with Crippen LogP contribution in [0.2, 0.25) is 0 Å². The van der Waals surface area contributed by atoms with Crippen LogP contribution in [0, 0.1) is 6.92 Å². The number of rotatable bonds is 4. The third kappa shape index (κ3) is 3.80. The van der Waals surface area contributed by atoms with Gasteiger partial charge in [0.1, 0.15) is 0 Å². The van der Waals surface area contributed by atoms with E-state index < -0.39 is 0 Å². The van der Waals surface area contributed by atoms with Gasteiger partial charge in [0.25, 0.3) is 0 Å². The average molecular weight is 560 g/mol. The minimum absolute atomic E-state index is 1.13. The fourth-order valence-corrected chi connectivity index (χ4v) is 7.13. The summed E-state index contributed by atoms with van der Waals surface area (Å²) in [4.78, 5) is 2.39. The molecule has 9 aromatic rings. The molecule has 1 heteroatoms. The first-order chi connectivity index (χ1) is 21.7. The van der Waals surface area contributed by atoms with Crippen LogP contribution in [0.25, 0.3) is 65.0 Å². The van der Waals surface area contributed by atoms with E-state index in [1.165, 1.54) is 76.2 Å². The van der Waals surface area contributed by atoms with Gasteiger partial charge in [-0.3, -0.25) is 0 Å². The van der Waals surface area contributed by atoms with Gasteiger partial charge in [0.05, 0.1) is 5.69 Å². The van der Waals surface area contributed by atoms with Crippen molar-refractivity contribution in [2.24, 2.45) is 0 Å². The van der Waals surface area contributed by atoms with Gasteiger partial charge in [-0.1, -0.05) is 127 Å². The third-order valence-electron chi connectivity index (χ3n) is 9.32. The minimum Gasteiger partial charge on any atom is -0.310 e. The maximum atomic E-state index is 2.39. The minimum atomic E-state index is 1.13. The molecule has 9 aromatic carbocycles. The monoisotopic (exact) mass is 559 g/mol. The Morgan fingerprint density at radius 1 is 0.386 bits per heavy atom. The van der Waals surface area contributed by atoms with Crippen molar-refractivity contribution in [3.05, 3.63) is 163 Å². The van der Waals surface area contributed by atoms with Crippen molar-refractivity contribution in [3.63, 3.8) is 0 Å². The van der Waals surface area contributed by atoms with E-state index in [0.717, 1.165) is 11.4 Å². The second-order valence-electron chi connectivity index (χ2n) is 11.8. The van der Waals surface area contributed by atoms with Crippen LogP contribution in [-0.2, 0) is 0 Å². The average Bonchev–Trinajstić information content (AvgIpc) is 3.08. The lowest BCUT2D eigenvalue weighted by Crippen LogP contribution is -2.10. The Kier molecular flexibility index (Phi) is 5.48. The standard InChI is InChI=1S/C43H29N/c1-28-13-14-32-20-26-40-38(25-19-33-18-24-37(28)42(32)43(33)40)31-16-21-35(22-17-31)44(36-23-15-29-7-2-3-9-34(29)27-36)41-12-6-10-30-8-4-5-11-39(30)41/h2-27H,1H3. The molecule has 0 atom stereocenters. The van der Waals surface area contributed by atoms with Gasteiger partial charge in [0.2, 0.25) is 0 Å². The van der Waals surface area contributed by atoms with Crippen LogP contribution in [0.1, 0.15) is 5.56 Å². The Hall–Kier alpha value is -5.66. The zero-order chi connectivity index (χ0) is 29.2. The molecule has 44 heavy (non-hydrogen) atoms. The largest absolute Gasteiger partial charge is 0.310 e. The van der Waals surface area contributed by atoms with Gasteiger partial charge in [-0.15, -0.1) is 0 Å². The second kappa shape index (κ2) is 9.69. The van der Waals surface area contributed by atoms with E-state index >= 15 is 0 Å². The Bertz CT molecular complexity index is 2500. The number of hydrogen-bond donors (Lipinski definition) is 0. The summed E-state index contributed by atoms with van der Waals surface area (Å²) in [5, 5.41) is 12.9. The van der Waals surface area contributed by atoms with Gasteiger partial charge in [-0.05, 0) is 102 Å². The SMILES string of the molecule is Cc1ccc2ccc3c(-c4ccc(N(c5ccc6ccccc6c5)c5cccc6ccccc56)cc4)ccc4ccc1c2c43. The van der Waals surface area contributed by atoms with Crippen LogP contribution in [0.4, 0.5) is 17.1 Å². The Morgan fingerprint density at radius 3 is 1.84 bits per heavy atom. The first-order valence-corrected chi connectivity index (χ1v) is 15.3.